The predicted octanol–water partition coefficient (Wildman–Crippen LogP) is 3.08. The van der Waals surface area contributed by atoms with E-state index < -0.39 is 10.0 Å². The Bertz CT molecular complexity index is 894. The van der Waals surface area contributed by atoms with E-state index in [1.165, 1.54) is 26.1 Å². The molecule has 26 heavy (non-hydrogen) atoms. The molecule has 8 heteroatoms. The third-order valence-electron chi connectivity index (χ3n) is 5.25. The fraction of sp³-hybridized carbons (Fsp3) is 0.500. The van der Waals surface area contributed by atoms with Crippen molar-refractivity contribution < 1.29 is 13.2 Å². The van der Waals surface area contributed by atoms with Crippen LogP contribution in [0.15, 0.2) is 27.1 Å². The van der Waals surface area contributed by atoms with E-state index in [0.29, 0.717) is 36.3 Å². The van der Waals surface area contributed by atoms with Crippen LogP contribution < -0.4 is 0 Å². The van der Waals surface area contributed by atoms with Crippen molar-refractivity contribution in [2.24, 2.45) is 5.92 Å². The van der Waals surface area contributed by atoms with E-state index in [2.05, 4.69) is 6.92 Å². The number of thiophene rings is 2. The van der Waals surface area contributed by atoms with Gasteiger partial charge in [-0.25, -0.2) is 8.42 Å². The Morgan fingerprint density at radius 1 is 1.19 bits per heavy atom. The Kier molecular flexibility index (Phi) is 4.94. The highest BCUT2D eigenvalue weighted by atomic mass is 32.2. The topological polar surface area (TPSA) is 57.7 Å². The van der Waals surface area contributed by atoms with Gasteiger partial charge in [-0.1, -0.05) is 13.0 Å². The van der Waals surface area contributed by atoms with Gasteiger partial charge >= 0.3 is 0 Å². The van der Waals surface area contributed by atoms with Gasteiger partial charge in [-0.3, -0.25) is 4.79 Å². The SMILES string of the molecule is CC1CCc2c(C(=O)N3CCN(S(=O)(=O)c4cccs4)CC3)csc2C1. The Morgan fingerprint density at radius 3 is 2.65 bits per heavy atom. The smallest absolute Gasteiger partial charge is 0.255 e. The molecular formula is C18H22N2O3S3. The first kappa shape index (κ1) is 18.2. The standard InChI is InChI=1S/C18H22N2O3S3/c1-13-4-5-14-15(12-25-16(14)11-13)18(21)19-6-8-20(9-7-19)26(22,23)17-3-2-10-24-17/h2-3,10,12-13H,4-9,11H2,1H3. The van der Waals surface area contributed by atoms with Crippen LogP contribution in [0.25, 0.3) is 0 Å². The van der Waals surface area contributed by atoms with Crippen LogP contribution in [-0.2, 0) is 22.9 Å². The summed E-state index contributed by atoms with van der Waals surface area (Å²) in [4.78, 5) is 16.1. The lowest BCUT2D eigenvalue weighted by Crippen LogP contribution is -2.50. The third kappa shape index (κ3) is 3.24. The van der Waals surface area contributed by atoms with Gasteiger partial charge in [-0.15, -0.1) is 22.7 Å². The van der Waals surface area contributed by atoms with Crippen LogP contribution in [0.5, 0.6) is 0 Å². The molecule has 4 rings (SSSR count). The van der Waals surface area contributed by atoms with E-state index in [-0.39, 0.29) is 5.91 Å². The molecule has 1 amide bonds. The van der Waals surface area contributed by atoms with Gasteiger partial charge in [0.1, 0.15) is 4.21 Å². The molecule has 3 heterocycles. The first-order valence-corrected chi connectivity index (χ1v) is 12.1. The van der Waals surface area contributed by atoms with Crippen LogP contribution in [0.3, 0.4) is 0 Å². The summed E-state index contributed by atoms with van der Waals surface area (Å²) in [5.41, 5.74) is 2.07. The molecule has 1 saturated heterocycles. The molecule has 2 aliphatic rings. The molecule has 0 spiro atoms. The highest BCUT2D eigenvalue weighted by Crippen LogP contribution is 2.33. The third-order valence-corrected chi connectivity index (χ3v) is 9.57. The zero-order chi connectivity index (χ0) is 18.3. The van der Waals surface area contributed by atoms with Gasteiger partial charge in [-0.05, 0) is 42.2 Å². The van der Waals surface area contributed by atoms with Gasteiger partial charge in [0.05, 0.1) is 5.56 Å². The number of piperazine rings is 1. The highest BCUT2D eigenvalue weighted by molar-refractivity contribution is 7.91. The minimum Gasteiger partial charge on any atom is -0.336 e. The summed E-state index contributed by atoms with van der Waals surface area (Å²) in [7, 11) is -3.43. The van der Waals surface area contributed by atoms with Crippen molar-refractivity contribution >= 4 is 38.6 Å². The molecule has 0 bridgehead atoms. The fourth-order valence-corrected chi connectivity index (χ4v) is 7.50. The van der Waals surface area contributed by atoms with Crippen molar-refractivity contribution in [3.05, 3.63) is 38.9 Å². The lowest BCUT2D eigenvalue weighted by atomic mass is 9.88. The molecule has 5 nitrogen and oxygen atoms in total. The monoisotopic (exact) mass is 410 g/mol. The van der Waals surface area contributed by atoms with Crippen molar-refractivity contribution in [2.75, 3.05) is 26.2 Å². The number of hydrogen-bond donors (Lipinski definition) is 0. The Balaban J connectivity index is 1.45. The minimum absolute atomic E-state index is 0.0604. The second kappa shape index (κ2) is 7.07. The summed E-state index contributed by atoms with van der Waals surface area (Å²) >= 11 is 2.93. The van der Waals surface area contributed by atoms with E-state index in [0.717, 1.165) is 24.8 Å². The normalized spacial score (nSPS) is 21.6. The summed E-state index contributed by atoms with van der Waals surface area (Å²) in [6, 6.07) is 3.38. The molecule has 1 aliphatic carbocycles. The van der Waals surface area contributed by atoms with E-state index >= 15 is 0 Å². The molecule has 1 fully saturated rings. The van der Waals surface area contributed by atoms with Crippen LogP contribution in [0.4, 0.5) is 0 Å². The number of carbonyl (C=O) groups is 1. The molecule has 1 unspecified atom stereocenters. The summed E-state index contributed by atoms with van der Waals surface area (Å²) in [6.45, 7) is 3.87. The molecule has 1 atom stereocenters. The van der Waals surface area contributed by atoms with Crippen molar-refractivity contribution in [1.82, 2.24) is 9.21 Å². The van der Waals surface area contributed by atoms with Crippen molar-refractivity contribution in [2.45, 2.75) is 30.4 Å². The van der Waals surface area contributed by atoms with Gasteiger partial charge in [-0.2, -0.15) is 4.31 Å². The van der Waals surface area contributed by atoms with Crippen molar-refractivity contribution in [3.63, 3.8) is 0 Å². The van der Waals surface area contributed by atoms with E-state index in [1.54, 1.807) is 33.7 Å². The van der Waals surface area contributed by atoms with E-state index in [9.17, 15) is 13.2 Å². The Hall–Kier alpha value is -1.22. The lowest BCUT2D eigenvalue weighted by molar-refractivity contribution is 0.0697. The van der Waals surface area contributed by atoms with Gasteiger partial charge in [0.25, 0.3) is 15.9 Å². The summed E-state index contributed by atoms with van der Waals surface area (Å²) in [5, 5.41) is 3.77. The second-order valence-corrected chi connectivity index (χ2v) is 11.1. The van der Waals surface area contributed by atoms with Crippen LogP contribution in [0, 0.1) is 5.92 Å². The van der Waals surface area contributed by atoms with Crippen molar-refractivity contribution in [1.29, 1.82) is 0 Å². The maximum Gasteiger partial charge on any atom is 0.255 e. The average Bonchev–Trinajstić information content (AvgIpc) is 3.31. The van der Waals surface area contributed by atoms with Gasteiger partial charge < -0.3 is 4.90 Å². The van der Waals surface area contributed by atoms with Crippen LogP contribution in [-0.4, -0.2) is 49.7 Å². The zero-order valence-electron chi connectivity index (χ0n) is 14.7. The molecule has 0 saturated carbocycles. The van der Waals surface area contributed by atoms with Crippen molar-refractivity contribution in [3.8, 4) is 0 Å². The minimum atomic E-state index is -3.43. The maximum atomic E-state index is 13.0. The fourth-order valence-electron chi connectivity index (χ4n) is 3.70. The molecule has 0 aromatic carbocycles. The van der Waals surface area contributed by atoms with Crippen LogP contribution in [0.1, 0.15) is 34.1 Å². The predicted molar refractivity (Wildman–Crippen MR) is 104 cm³/mol. The highest BCUT2D eigenvalue weighted by Gasteiger charge is 2.32. The zero-order valence-corrected chi connectivity index (χ0v) is 17.1. The number of sulfonamides is 1. The molecular weight excluding hydrogens is 388 g/mol. The number of amides is 1. The first-order chi connectivity index (χ1) is 12.5. The molecule has 0 N–H and O–H groups in total. The molecule has 1 aliphatic heterocycles. The van der Waals surface area contributed by atoms with Gasteiger partial charge in [0, 0.05) is 36.4 Å². The number of rotatable bonds is 3. The van der Waals surface area contributed by atoms with E-state index in [1.807, 2.05) is 5.38 Å². The van der Waals surface area contributed by atoms with Crippen LogP contribution in [0.2, 0.25) is 0 Å². The lowest BCUT2D eigenvalue weighted by Gasteiger charge is -2.34. The Labute approximate surface area is 162 Å². The van der Waals surface area contributed by atoms with Crippen LogP contribution >= 0.6 is 22.7 Å². The summed E-state index contributed by atoms with van der Waals surface area (Å²) in [6.07, 6.45) is 3.19. The first-order valence-electron chi connectivity index (χ1n) is 8.89. The quantitative estimate of drug-likeness (QED) is 0.781. The Morgan fingerprint density at radius 2 is 1.96 bits per heavy atom. The summed E-state index contributed by atoms with van der Waals surface area (Å²) in [5.74, 6) is 0.750. The second-order valence-electron chi connectivity index (χ2n) is 7.03. The molecule has 0 radical (unpaired) electrons. The van der Waals surface area contributed by atoms with Gasteiger partial charge in [0.2, 0.25) is 0 Å². The maximum absolute atomic E-state index is 13.0. The largest absolute Gasteiger partial charge is 0.336 e. The summed E-state index contributed by atoms with van der Waals surface area (Å²) < 4.78 is 27.1. The number of nitrogens with zero attached hydrogens (tertiary/aromatic N) is 2. The molecule has 2 aromatic rings. The number of carbonyl (C=O) groups excluding carboxylic acids is 1. The van der Waals surface area contributed by atoms with Gasteiger partial charge in [0.15, 0.2) is 0 Å². The average molecular weight is 411 g/mol. The molecule has 2 aromatic heterocycles. The molecule has 140 valence electrons. The number of hydrogen-bond acceptors (Lipinski definition) is 5. The number of fused-ring (bicyclic) bond motifs is 1. The van der Waals surface area contributed by atoms with E-state index in [4.69, 9.17) is 0 Å².